The number of likely N-dealkylation sites (N-methyl/N-ethyl adjacent to an activating group) is 1. The van der Waals surface area contributed by atoms with Crippen LogP contribution < -0.4 is 0 Å². The average Bonchev–Trinajstić information content (AvgIpc) is 3.32. The molecule has 0 saturated carbocycles. The van der Waals surface area contributed by atoms with Gasteiger partial charge in [0.05, 0.1) is 12.1 Å². The van der Waals surface area contributed by atoms with E-state index in [-0.39, 0.29) is 11.0 Å². The third-order valence-electron chi connectivity index (χ3n) is 5.42. The lowest BCUT2D eigenvalue weighted by Crippen LogP contribution is -2.29. The Balaban J connectivity index is 1.37. The smallest absolute Gasteiger partial charge is 0.191 e. The minimum Gasteiger partial charge on any atom is -0.312 e. The maximum absolute atomic E-state index is 12.7. The highest BCUT2D eigenvalue weighted by Gasteiger charge is 2.20. The Bertz CT molecular complexity index is 1030. The first-order valence-corrected chi connectivity index (χ1v) is 12.0. The summed E-state index contributed by atoms with van der Waals surface area (Å²) < 4.78 is 1.92. The van der Waals surface area contributed by atoms with Gasteiger partial charge in [-0.2, -0.15) is 0 Å². The number of rotatable bonds is 8. The van der Waals surface area contributed by atoms with Crippen LogP contribution in [0.15, 0.2) is 35.7 Å². The van der Waals surface area contributed by atoms with Crippen molar-refractivity contribution in [1.82, 2.24) is 24.6 Å². The Kier molecular flexibility index (Phi) is 6.65. The molecule has 0 saturated heterocycles. The highest BCUT2D eigenvalue weighted by Crippen LogP contribution is 2.33. The number of carbonyl (C=O) groups is 1. The molecule has 6 nitrogen and oxygen atoms in total. The van der Waals surface area contributed by atoms with Crippen LogP contribution in [0.5, 0.6) is 0 Å². The van der Waals surface area contributed by atoms with Gasteiger partial charge in [0.2, 0.25) is 0 Å². The summed E-state index contributed by atoms with van der Waals surface area (Å²) in [6.45, 7) is 7.45. The fourth-order valence-electron chi connectivity index (χ4n) is 3.67. The maximum Gasteiger partial charge on any atom is 0.191 e. The lowest BCUT2D eigenvalue weighted by molar-refractivity contribution is -0.117. The van der Waals surface area contributed by atoms with Gasteiger partial charge in [-0.25, -0.2) is 4.98 Å². The number of fused-ring (bicyclic) bond motifs is 1. The van der Waals surface area contributed by atoms with Gasteiger partial charge in [-0.3, -0.25) is 9.69 Å². The number of nitrogens with zero attached hydrogens (tertiary/aromatic N) is 5. The molecular formula is C22H27N5OS2. The summed E-state index contributed by atoms with van der Waals surface area (Å²) in [7, 11) is 1.94. The van der Waals surface area contributed by atoms with Gasteiger partial charge in [0.25, 0.3) is 0 Å². The van der Waals surface area contributed by atoms with Gasteiger partial charge >= 0.3 is 0 Å². The van der Waals surface area contributed by atoms with Crippen LogP contribution in [0.2, 0.25) is 0 Å². The SMILES string of the molecule is CCN1CCc2nc(CC(=O)Cc3cccc([C@H](C)Sc4nncn4C)c3)sc2C1. The number of carbonyl (C=O) groups excluding carboxylic acids is 1. The van der Waals surface area contributed by atoms with Crippen LogP contribution in [0.3, 0.4) is 0 Å². The monoisotopic (exact) mass is 441 g/mol. The first-order valence-electron chi connectivity index (χ1n) is 10.3. The van der Waals surface area contributed by atoms with Gasteiger partial charge in [-0.15, -0.1) is 21.5 Å². The van der Waals surface area contributed by atoms with E-state index in [0.717, 1.165) is 41.8 Å². The third kappa shape index (κ3) is 4.99. The van der Waals surface area contributed by atoms with Gasteiger partial charge in [-0.1, -0.05) is 43.0 Å². The lowest BCUT2D eigenvalue weighted by atomic mass is 10.0. The Hall–Kier alpha value is -2.03. The van der Waals surface area contributed by atoms with Crippen molar-refractivity contribution in [1.29, 1.82) is 0 Å². The molecule has 1 aromatic carbocycles. The van der Waals surface area contributed by atoms with Gasteiger partial charge in [0.1, 0.15) is 17.1 Å². The number of aryl methyl sites for hydroxylation is 1. The van der Waals surface area contributed by atoms with Crippen molar-refractivity contribution >= 4 is 28.9 Å². The average molecular weight is 442 g/mol. The van der Waals surface area contributed by atoms with Crippen LogP contribution in [0, 0.1) is 0 Å². The van der Waals surface area contributed by atoms with Gasteiger partial charge in [0.15, 0.2) is 5.16 Å². The Morgan fingerprint density at radius 1 is 1.33 bits per heavy atom. The number of ketones is 1. The summed E-state index contributed by atoms with van der Waals surface area (Å²) in [6, 6.07) is 8.31. The summed E-state index contributed by atoms with van der Waals surface area (Å²) in [6.07, 6.45) is 3.58. The molecule has 1 atom stereocenters. The number of benzene rings is 1. The molecule has 0 N–H and O–H groups in total. The number of hydrogen-bond donors (Lipinski definition) is 0. The van der Waals surface area contributed by atoms with E-state index in [0.29, 0.717) is 12.8 Å². The molecule has 2 aromatic heterocycles. The van der Waals surface area contributed by atoms with E-state index in [9.17, 15) is 4.79 Å². The molecule has 0 amide bonds. The Labute approximate surface area is 185 Å². The van der Waals surface area contributed by atoms with Gasteiger partial charge in [-0.05, 0) is 24.6 Å². The first kappa shape index (κ1) is 21.2. The molecular weight excluding hydrogens is 414 g/mol. The molecule has 0 aliphatic carbocycles. The summed E-state index contributed by atoms with van der Waals surface area (Å²) in [5.41, 5.74) is 3.45. The molecule has 3 aromatic rings. The zero-order valence-corrected chi connectivity index (χ0v) is 19.3. The predicted octanol–water partition coefficient (Wildman–Crippen LogP) is 3.86. The van der Waals surface area contributed by atoms with E-state index in [1.807, 2.05) is 23.7 Å². The fraction of sp³-hybridized carbons (Fsp3) is 0.455. The van der Waals surface area contributed by atoms with E-state index < -0.39 is 0 Å². The second-order valence-electron chi connectivity index (χ2n) is 7.72. The van der Waals surface area contributed by atoms with Crippen molar-refractivity contribution < 1.29 is 4.79 Å². The van der Waals surface area contributed by atoms with E-state index in [1.54, 1.807) is 29.4 Å². The van der Waals surface area contributed by atoms with Crippen LogP contribution in [-0.4, -0.2) is 43.5 Å². The quantitative estimate of drug-likeness (QED) is 0.495. The normalized spacial score (nSPS) is 15.2. The van der Waals surface area contributed by atoms with Crippen molar-refractivity contribution in [2.24, 2.45) is 7.05 Å². The van der Waals surface area contributed by atoms with Crippen LogP contribution in [0.25, 0.3) is 0 Å². The molecule has 4 rings (SSSR count). The summed E-state index contributed by atoms with van der Waals surface area (Å²) in [4.78, 5) is 21.2. The summed E-state index contributed by atoms with van der Waals surface area (Å²) in [5.74, 6) is 0.221. The zero-order valence-electron chi connectivity index (χ0n) is 17.7. The fourth-order valence-corrected chi connectivity index (χ4v) is 5.76. The summed E-state index contributed by atoms with van der Waals surface area (Å²) in [5, 5.41) is 10.2. The number of Topliss-reactive ketones (excluding diaryl/α,β-unsaturated/α-hetero) is 1. The molecule has 0 radical (unpaired) electrons. The molecule has 8 heteroatoms. The second kappa shape index (κ2) is 9.41. The summed E-state index contributed by atoms with van der Waals surface area (Å²) >= 11 is 3.38. The minimum atomic E-state index is 0.221. The topological polar surface area (TPSA) is 63.9 Å². The van der Waals surface area contributed by atoms with Crippen LogP contribution in [-0.2, 0) is 37.6 Å². The largest absolute Gasteiger partial charge is 0.312 e. The van der Waals surface area contributed by atoms with Gasteiger partial charge in [0, 0.05) is 43.1 Å². The van der Waals surface area contributed by atoms with Crippen molar-refractivity contribution in [3.8, 4) is 0 Å². The molecule has 0 unspecified atom stereocenters. The molecule has 1 aliphatic rings. The van der Waals surface area contributed by atoms with Crippen molar-refractivity contribution in [2.75, 3.05) is 13.1 Å². The molecule has 30 heavy (non-hydrogen) atoms. The molecule has 1 aliphatic heterocycles. The van der Waals surface area contributed by atoms with Crippen LogP contribution >= 0.6 is 23.1 Å². The van der Waals surface area contributed by atoms with Crippen LogP contribution in [0.4, 0.5) is 0 Å². The van der Waals surface area contributed by atoms with Crippen LogP contribution in [0.1, 0.15) is 45.8 Å². The molecule has 0 bridgehead atoms. The molecule has 0 spiro atoms. The number of aromatic nitrogens is 4. The Morgan fingerprint density at radius 2 is 2.20 bits per heavy atom. The molecule has 0 fully saturated rings. The molecule has 3 heterocycles. The van der Waals surface area contributed by atoms with Gasteiger partial charge < -0.3 is 4.57 Å². The number of thiazole rings is 1. The van der Waals surface area contributed by atoms with Crippen molar-refractivity contribution in [3.05, 3.63) is 57.3 Å². The van der Waals surface area contributed by atoms with E-state index >= 15 is 0 Å². The third-order valence-corrected chi connectivity index (χ3v) is 7.71. The zero-order chi connectivity index (χ0) is 21.1. The van der Waals surface area contributed by atoms with Crippen molar-refractivity contribution in [2.45, 2.75) is 50.1 Å². The van der Waals surface area contributed by atoms with E-state index in [4.69, 9.17) is 4.98 Å². The predicted molar refractivity (Wildman–Crippen MR) is 121 cm³/mol. The van der Waals surface area contributed by atoms with Crippen molar-refractivity contribution in [3.63, 3.8) is 0 Å². The van der Waals surface area contributed by atoms with E-state index in [1.165, 1.54) is 16.1 Å². The lowest BCUT2D eigenvalue weighted by Gasteiger charge is -2.23. The highest BCUT2D eigenvalue weighted by atomic mass is 32.2. The first-order chi connectivity index (χ1) is 14.5. The second-order valence-corrected chi connectivity index (χ2v) is 10.2. The minimum absolute atomic E-state index is 0.221. The number of thioether (sulfide) groups is 1. The highest BCUT2D eigenvalue weighted by molar-refractivity contribution is 7.99. The number of hydrogen-bond acceptors (Lipinski definition) is 7. The molecule has 158 valence electrons. The Morgan fingerprint density at radius 3 is 2.97 bits per heavy atom. The maximum atomic E-state index is 12.7. The standard InChI is InChI=1S/C22H27N5OS2/c1-4-27-9-8-19-20(13-27)30-21(24-19)12-18(28)11-16-6-5-7-17(10-16)15(2)29-22-25-23-14-26(22)3/h5-7,10,14-15H,4,8-9,11-13H2,1-3H3/t15-/m0/s1. The van der Waals surface area contributed by atoms with E-state index in [2.05, 4.69) is 41.1 Å².